The van der Waals surface area contributed by atoms with E-state index in [1.54, 1.807) is 0 Å². The van der Waals surface area contributed by atoms with Crippen molar-refractivity contribution in [1.29, 1.82) is 0 Å². The number of carbonyl (C=O) groups is 1. The van der Waals surface area contributed by atoms with Crippen LogP contribution in [0.2, 0.25) is 0 Å². The van der Waals surface area contributed by atoms with Gasteiger partial charge < -0.3 is 15.3 Å². The van der Waals surface area contributed by atoms with Crippen LogP contribution in [0.15, 0.2) is 23.5 Å². The highest BCUT2D eigenvalue weighted by Gasteiger charge is 2.52. The van der Waals surface area contributed by atoms with Gasteiger partial charge in [0.1, 0.15) is 11.4 Å². The number of carboxylic acid groups (broad SMARTS) is 1. The molecule has 0 amide bonds. The van der Waals surface area contributed by atoms with Crippen molar-refractivity contribution in [3.05, 3.63) is 23.5 Å². The van der Waals surface area contributed by atoms with Crippen LogP contribution in [0.3, 0.4) is 0 Å². The molecule has 6 aliphatic rings. The lowest BCUT2D eigenvalue weighted by Crippen LogP contribution is -2.45. The summed E-state index contributed by atoms with van der Waals surface area (Å²) >= 11 is 0. The lowest BCUT2D eigenvalue weighted by Gasteiger charge is -2.56. The molecular formula is C26H38O4. The molecular weight excluding hydrogens is 376 g/mol. The topological polar surface area (TPSA) is 77.8 Å². The fourth-order valence-corrected chi connectivity index (χ4v) is 8.50. The van der Waals surface area contributed by atoms with Gasteiger partial charge in [0, 0.05) is 6.42 Å². The maximum Gasteiger partial charge on any atom is 0.303 e. The summed E-state index contributed by atoms with van der Waals surface area (Å²) in [6.07, 6.45) is 18.6. The first-order valence-electron chi connectivity index (χ1n) is 12.3. The second-order valence-electron chi connectivity index (χ2n) is 11.7. The molecule has 4 bridgehead atoms. The Balaban J connectivity index is 1.16. The number of hydrogen-bond donors (Lipinski definition) is 3. The van der Waals surface area contributed by atoms with Gasteiger partial charge >= 0.3 is 5.97 Å². The summed E-state index contributed by atoms with van der Waals surface area (Å²) in [6, 6.07) is 0. The predicted molar refractivity (Wildman–Crippen MR) is 116 cm³/mol. The van der Waals surface area contributed by atoms with Crippen molar-refractivity contribution in [3.63, 3.8) is 0 Å². The average Bonchev–Trinajstić information content (AvgIpc) is 3.17. The molecule has 6 saturated carbocycles. The minimum absolute atomic E-state index is 0.235. The van der Waals surface area contributed by atoms with Crippen molar-refractivity contribution < 1.29 is 20.1 Å². The van der Waals surface area contributed by atoms with Crippen molar-refractivity contribution in [2.75, 3.05) is 0 Å². The summed E-state index contributed by atoms with van der Waals surface area (Å²) in [6.45, 7) is 0. The summed E-state index contributed by atoms with van der Waals surface area (Å²) < 4.78 is 0. The van der Waals surface area contributed by atoms with Crippen LogP contribution in [0, 0.1) is 35.0 Å². The fraction of sp³-hybridized carbons (Fsp3) is 0.808. The van der Waals surface area contributed by atoms with Crippen molar-refractivity contribution in [2.24, 2.45) is 35.0 Å². The van der Waals surface area contributed by atoms with Crippen LogP contribution in [-0.2, 0) is 4.79 Å². The number of aliphatic hydroxyl groups excluding tert-OH is 1. The molecule has 4 heteroatoms. The molecule has 0 heterocycles. The summed E-state index contributed by atoms with van der Waals surface area (Å²) in [5, 5.41) is 30.9. The lowest BCUT2D eigenvalue weighted by molar-refractivity contribution is -0.137. The number of hydrogen-bond acceptors (Lipinski definition) is 3. The first kappa shape index (κ1) is 20.6. The number of fused-ring (bicyclic) bond motifs is 1. The molecule has 3 N–H and O–H groups in total. The third-order valence-corrected chi connectivity index (χ3v) is 9.31. The molecule has 6 rings (SSSR count). The van der Waals surface area contributed by atoms with E-state index in [2.05, 4.69) is 6.08 Å². The number of unbranched alkanes of at least 4 members (excludes halogenated alkanes) is 1. The van der Waals surface area contributed by atoms with Gasteiger partial charge in [-0.25, -0.2) is 0 Å². The van der Waals surface area contributed by atoms with E-state index in [0.717, 1.165) is 43.4 Å². The van der Waals surface area contributed by atoms with Gasteiger partial charge in [-0.15, -0.1) is 0 Å². The molecule has 0 unspecified atom stereocenters. The smallest absolute Gasteiger partial charge is 0.303 e. The minimum atomic E-state index is -1.02. The van der Waals surface area contributed by atoms with E-state index in [4.69, 9.17) is 5.11 Å². The van der Waals surface area contributed by atoms with Crippen molar-refractivity contribution in [1.82, 2.24) is 0 Å². The van der Waals surface area contributed by atoms with Crippen LogP contribution in [0.4, 0.5) is 0 Å². The van der Waals surface area contributed by atoms with E-state index in [-0.39, 0.29) is 12.2 Å². The minimum Gasteiger partial charge on any atom is -0.510 e. The molecule has 0 aliphatic heterocycles. The van der Waals surface area contributed by atoms with E-state index in [1.807, 2.05) is 6.08 Å². The van der Waals surface area contributed by atoms with Crippen LogP contribution in [0.1, 0.15) is 89.9 Å². The van der Waals surface area contributed by atoms with Gasteiger partial charge in [0.05, 0.1) is 0 Å². The Morgan fingerprint density at radius 2 is 1.50 bits per heavy atom. The Morgan fingerprint density at radius 1 is 0.933 bits per heavy atom. The molecule has 0 aromatic rings. The SMILES string of the molecule is O=C(O)CCC/C=C1\C[C@@H]2C[C@@](O)(C(O)=CCC34CC5CC(CC(C5)C3)C4)C[C@@H]2C1. The van der Waals surface area contributed by atoms with Crippen LogP contribution < -0.4 is 0 Å². The average molecular weight is 415 g/mol. The van der Waals surface area contributed by atoms with E-state index in [0.29, 0.717) is 36.5 Å². The van der Waals surface area contributed by atoms with Gasteiger partial charge in [0.15, 0.2) is 0 Å². The first-order chi connectivity index (χ1) is 14.3. The van der Waals surface area contributed by atoms with Crippen molar-refractivity contribution in [2.45, 2.75) is 95.5 Å². The Labute approximate surface area is 180 Å². The third-order valence-electron chi connectivity index (χ3n) is 9.31. The van der Waals surface area contributed by atoms with Crippen molar-refractivity contribution >= 4 is 5.97 Å². The quantitative estimate of drug-likeness (QED) is 0.281. The molecule has 166 valence electrons. The van der Waals surface area contributed by atoms with Crippen LogP contribution in [0.5, 0.6) is 0 Å². The zero-order valence-corrected chi connectivity index (χ0v) is 18.2. The number of aliphatic carboxylic acids is 1. The zero-order chi connectivity index (χ0) is 20.9. The number of carboxylic acids is 1. The van der Waals surface area contributed by atoms with E-state index in [9.17, 15) is 15.0 Å². The van der Waals surface area contributed by atoms with Gasteiger partial charge in [0.25, 0.3) is 0 Å². The van der Waals surface area contributed by atoms with E-state index in [1.165, 1.54) is 44.1 Å². The highest BCUT2D eigenvalue weighted by Crippen LogP contribution is 2.61. The molecule has 0 radical (unpaired) electrons. The molecule has 0 saturated heterocycles. The number of allylic oxidation sites excluding steroid dienone is 3. The van der Waals surface area contributed by atoms with Crippen molar-refractivity contribution in [3.8, 4) is 0 Å². The molecule has 0 spiro atoms. The van der Waals surface area contributed by atoms with E-state index >= 15 is 0 Å². The molecule has 0 aromatic heterocycles. The fourth-order valence-electron chi connectivity index (χ4n) is 8.50. The second kappa shape index (κ2) is 7.69. The maximum atomic E-state index is 11.2. The molecule has 0 aromatic carbocycles. The molecule has 4 nitrogen and oxygen atoms in total. The summed E-state index contributed by atoms with van der Waals surface area (Å²) in [4.78, 5) is 10.6. The van der Waals surface area contributed by atoms with Crippen LogP contribution in [-0.4, -0.2) is 26.9 Å². The van der Waals surface area contributed by atoms with Gasteiger partial charge in [-0.1, -0.05) is 11.6 Å². The summed E-state index contributed by atoms with van der Waals surface area (Å²) in [7, 11) is 0. The Morgan fingerprint density at radius 3 is 2.03 bits per heavy atom. The summed E-state index contributed by atoms with van der Waals surface area (Å²) in [5.41, 5.74) is 0.806. The molecule has 6 aliphatic carbocycles. The largest absolute Gasteiger partial charge is 0.510 e. The normalized spacial score (nSPS) is 46.0. The second-order valence-corrected chi connectivity index (χ2v) is 11.7. The maximum absolute atomic E-state index is 11.2. The van der Waals surface area contributed by atoms with Gasteiger partial charge in [-0.05, 0) is 125 Å². The lowest BCUT2D eigenvalue weighted by atomic mass is 9.49. The van der Waals surface area contributed by atoms with Gasteiger partial charge in [-0.2, -0.15) is 0 Å². The van der Waals surface area contributed by atoms with Gasteiger partial charge in [0.2, 0.25) is 0 Å². The highest BCUT2D eigenvalue weighted by molar-refractivity contribution is 5.66. The first-order valence-corrected chi connectivity index (χ1v) is 12.3. The number of aliphatic hydroxyl groups is 2. The highest BCUT2D eigenvalue weighted by atomic mass is 16.4. The summed E-state index contributed by atoms with van der Waals surface area (Å²) in [5.74, 6) is 3.19. The zero-order valence-electron chi connectivity index (χ0n) is 18.2. The number of rotatable bonds is 7. The monoisotopic (exact) mass is 414 g/mol. The Hall–Kier alpha value is -1.29. The Bertz CT molecular complexity index is 697. The van der Waals surface area contributed by atoms with E-state index < -0.39 is 11.6 Å². The molecule has 6 fully saturated rings. The van der Waals surface area contributed by atoms with Crippen LogP contribution >= 0.6 is 0 Å². The Kier molecular flexibility index (Phi) is 5.28. The van der Waals surface area contributed by atoms with Gasteiger partial charge in [-0.3, -0.25) is 4.79 Å². The standard InChI is InChI=1S/C26H38O4/c27-23(5-6-25-12-18-7-19(13-25)9-20(8-18)14-25)26(30)15-21-10-17(11-22(21)16-26)3-1-2-4-24(28)29/h3,5,18-22,27,30H,1-2,4,6-16H2,(H,28,29)/b17-3-,23-5?/t18?,19?,20?,21-,22+,25?,26+/m0/s1. The van der Waals surface area contributed by atoms with Crippen LogP contribution in [0.25, 0.3) is 0 Å². The molecule has 3 atom stereocenters. The third kappa shape index (κ3) is 3.97. The molecule has 30 heavy (non-hydrogen) atoms. The predicted octanol–water partition coefficient (Wildman–Crippen LogP) is 5.77.